The van der Waals surface area contributed by atoms with Gasteiger partial charge in [0.1, 0.15) is 5.75 Å². The van der Waals surface area contributed by atoms with Crippen LogP contribution in [-0.2, 0) is 11.3 Å². The van der Waals surface area contributed by atoms with Gasteiger partial charge in [0, 0.05) is 12.6 Å². The molecule has 0 saturated carbocycles. The van der Waals surface area contributed by atoms with E-state index in [-0.39, 0.29) is 18.6 Å². The summed E-state index contributed by atoms with van der Waals surface area (Å²) in [7, 11) is 0. The second-order valence-corrected chi connectivity index (χ2v) is 5.67. The van der Waals surface area contributed by atoms with E-state index in [2.05, 4.69) is 17.0 Å². The van der Waals surface area contributed by atoms with Crippen LogP contribution in [0.1, 0.15) is 38.7 Å². The van der Waals surface area contributed by atoms with Crippen molar-refractivity contribution in [1.82, 2.24) is 4.90 Å². The highest BCUT2D eigenvalue weighted by Gasteiger charge is 2.26. The van der Waals surface area contributed by atoms with Crippen LogP contribution in [0.5, 0.6) is 5.75 Å². The molecule has 1 heterocycles. The highest BCUT2D eigenvalue weighted by molar-refractivity contribution is 5.67. The molecule has 1 aromatic rings. The maximum atomic E-state index is 10.9. The number of carboxylic acid groups (broad SMARTS) is 1. The normalized spacial score (nSPS) is 19.4. The summed E-state index contributed by atoms with van der Waals surface area (Å²) in [6.45, 7) is 5.82. The van der Waals surface area contributed by atoms with Gasteiger partial charge in [-0.2, -0.15) is 0 Å². The second kappa shape index (κ2) is 6.75. The molecule has 1 unspecified atom stereocenters. The first-order chi connectivity index (χ1) is 9.54. The first kappa shape index (κ1) is 14.9. The molecule has 110 valence electrons. The van der Waals surface area contributed by atoms with Crippen LogP contribution < -0.4 is 4.74 Å². The van der Waals surface area contributed by atoms with Gasteiger partial charge in [-0.05, 0) is 50.9 Å². The second-order valence-electron chi connectivity index (χ2n) is 5.67. The molecule has 1 aliphatic heterocycles. The minimum atomic E-state index is -0.706. The Morgan fingerprint density at radius 2 is 2.10 bits per heavy atom. The molecule has 1 aromatic carbocycles. The maximum Gasteiger partial charge on any atom is 0.304 e. The summed E-state index contributed by atoms with van der Waals surface area (Å²) in [5.74, 6) is 0.176. The molecule has 0 spiro atoms. The van der Waals surface area contributed by atoms with E-state index in [1.54, 1.807) is 0 Å². The third kappa shape index (κ3) is 4.23. The van der Waals surface area contributed by atoms with E-state index in [4.69, 9.17) is 9.84 Å². The molecule has 4 nitrogen and oxygen atoms in total. The van der Waals surface area contributed by atoms with Crippen molar-refractivity contribution in [3.05, 3.63) is 29.8 Å². The molecule has 0 aromatic heterocycles. The highest BCUT2D eigenvalue weighted by Crippen LogP contribution is 2.23. The molecule has 0 amide bonds. The standard InChI is InChI=1S/C16H23NO3/c1-12(2)20-15-7-5-13(6-8-15)11-17-9-3-4-14(17)10-16(18)19/h5-8,12,14H,3-4,9-11H2,1-2H3,(H,18,19). The Morgan fingerprint density at radius 1 is 1.40 bits per heavy atom. The average molecular weight is 277 g/mol. The van der Waals surface area contributed by atoms with Gasteiger partial charge >= 0.3 is 5.97 Å². The van der Waals surface area contributed by atoms with Crippen molar-refractivity contribution in [2.24, 2.45) is 0 Å². The van der Waals surface area contributed by atoms with Gasteiger partial charge in [-0.3, -0.25) is 9.69 Å². The molecule has 1 saturated heterocycles. The van der Waals surface area contributed by atoms with E-state index in [0.29, 0.717) is 0 Å². The predicted molar refractivity (Wildman–Crippen MR) is 77.9 cm³/mol. The van der Waals surface area contributed by atoms with Crippen molar-refractivity contribution in [1.29, 1.82) is 0 Å². The van der Waals surface area contributed by atoms with Gasteiger partial charge in [-0.25, -0.2) is 0 Å². The van der Waals surface area contributed by atoms with E-state index in [1.807, 2.05) is 26.0 Å². The fraction of sp³-hybridized carbons (Fsp3) is 0.562. The molecule has 0 aliphatic carbocycles. The number of hydrogen-bond acceptors (Lipinski definition) is 3. The SMILES string of the molecule is CC(C)Oc1ccc(CN2CCCC2CC(=O)O)cc1. The Kier molecular flexibility index (Phi) is 5.01. The number of benzene rings is 1. The summed E-state index contributed by atoms with van der Waals surface area (Å²) in [4.78, 5) is 13.1. The van der Waals surface area contributed by atoms with E-state index in [0.717, 1.165) is 31.7 Å². The van der Waals surface area contributed by atoms with Gasteiger partial charge in [0.05, 0.1) is 12.5 Å². The number of nitrogens with zero attached hydrogens (tertiary/aromatic N) is 1. The van der Waals surface area contributed by atoms with Crippen molar-refractivity contribution in [2.75, 3.05) is 6.54 Å². The fourth-order valence-corrected chi connectivity index (χ4v) is 2.72. The molecule has 20 heavy (non-hydrogen) atoms. The number of ether oxygens (including phenoxy) is 1. The van der Waals surface area contributed by atoms with E-state index < -0.39 is 5.97 Å². The molecule has 1 fully saturated rings. The summed E-state index contributed by atoms with van der Waals surface area (Å²) in [6.07, 6.45) is 2.50. The minimum absolute atomic E-state index is 0.180. The van der Waals surface area contributed by atoms with Gasteiger partial charge in [0.25, 0.3) is 0 Å². The Bertz CT molecular complexity index is 442. The lowest BCUT2D eigenvalue weighted by Crippen LogP contribution is -2.30. The molecular formula is C16H23NO3. The van der Waals surface area contributed by atoms with Crippen molar-refractivity contribution in [3.63, 3.8) is 0 Å². The quantitative estimate of drug-likeness (QED) is 0.868. The predicted octanol–water partition coefficient (Wildman–Crippen LogP) is 2.91. The lowest BCUT2D eigenvalue weighted by molar-refractivity contribution is -0.138. The molecule has 2 rings (SSSR count). The third-order valence-electron chi connectivity index (χ3n) is 3.59. The molecular weight excluding hydrogens is 254 g/mol. The molecule has 1 aliphatic rings. The average Bonchev–Trinajstić information content (AvgIpc) is 2.78. The monoisotopic (exact) mass is 277 g/mol. The molecule has 0 bridgehead atoms. The maximum absolute atomic E-state index is 10.9. The van der Waals surface area contributed by atoms with Gasteiger partial charge in [-0.15, -0.1) is 0 Å². The molecule has 1 atom stereocenters. The lowest BCUT2D eigenvalue weighted by Gasteiger charge is -2.23. The van der Waals surface area contributed by atoms with Crippen LogP contribution in [0, 0.1) is 0 Å². The first-order valence-electron chi connectivity index (χ1n) is 7.26. The Labute approximate surface area is 120 Å². The summed E-state index contributed by atoms with van der Waals surface area (Å²) in [5.41, 5.74) is 1.21. The van der Waals surface area contributed by atoms with Crippen LogP contribution in [0.15, 0.2) is 24.3 Å². The summed E-state index contributed by atoms with van der Waals surface area (Å²) in [5, 5.41) is 8.93. The minimum Gasteiger partial charge on any atom is -0.491 e. The number of rotatable bonds is 6. The van der Waals surface area contributed by atoms with Crippen molar-refractivity contribution in [3.8, 4) is 5.75 Å². The molecule has 1 N–H and O–H groups in total. The van der Waals surface area contributed by atoms with Crippen molar-refractivity contribution in [2.45, 2.75) is 51.8 Å². The van der Waals surface area contributed by atoms with Crippen LogP contribution in [0.2, 0.25) is 0 Å². The summed E-state index contributed by atoms with van der Waals surface area (Å²) < 4.78 is 5.62. The van der Waals surface area contributed by atoms with Crippen molar-refractivity contribution < 1.29 is 14.6 Å². The van der Waals surface area contributed by atoms with Crippen molar-refractivity contribution >= 4 is 5.97 Å². The topological polar surface area (TPSA) is 49.8 Å². The van der Waals surface area contributed by atoms with Crippen LogP contribution in [-0.4, -0.2) is 34.7 Å². The van der Waals surface area contributed by atoms with E-state index in [1.165, 1.54) is 5.56 Å². The van der Waals surface area contributed by atoms with Crippen LogP contribution in [0.3, 0.4) is 0 Å². The van der Waals surface area contributed by atoms with Gasteiger partial charge in [0.15, 0.2) is 0 Å². The molecule has 0 radical (unpaired) electrons. The van der Waals surface area contributed by atoms with Gasteiger partial charge in [0.2, 0.25) is 0 Å². The zero-order valence-electron chi connectivity index (χ0n) is 12.2. The summed E-state index contributed by atoms with van der Waals surface area (Å²) >= 11 is 0. The summed E-state index contributed by atoms with van der Waals surface area (Å²) in [6, 6.07) is 8.27. The molecule has 4 heteroatoms. The number of hydrogen-bond donors (Lipinski definition) is 1. The largest absolute Gasteiger partial charge is 0.491 e. The zero-order chi connectivity index (χ0) is 14.5. The van der Waals surface area contributed by atoms with Crippen LogP contribution in [0.4, 0.5) is 0 Å². The smallest absolute Gasteiger partial charge is 0.304 e. The number of carboxylic acids is 1. The number of carbonyl (C=O) groups is 1. The zero-order valence-corrected chi connectivity index (χ0v) is 12.2. The third-order valence-corrected chi connectivity index (χ3v) is 3.59. The Balaban J connectivity index is 1.93. The lowest BCUT2D eigenvalue weighted by atomic mass is 10.1. The van der Waals surface area contributed by atoms with Crippen LogP contribution >= 0.6 is 0 Å². The number of likely N-dealkylation sites (tertiary alicyclic amines) is 1. The fourth-order valence-electron chi connectivity index (χ4n) is 2.72. The Morgan fingerprint density at radius 3 is 2.70 bits per heavy atom. The highest BCUT2D eigenvalue weighted by atomic mass is 16.5. The number of aliphatic carboxylic acids is 1. The van der Waals surface area contributed by atoms with Gasteiger partial charge in [-0.1, -0.05) is 12.1 Å². The first-order valence-corrected chi connectivity index (χ1v) is 7.26. The van der Waals surface area contributed by atoms with Gasteiger partial charge < -0.3 is 9.84 Å². The van der Waals surface area contributed by atoms with E-state index >= 15 is 0 Å². The Hall–Kier alpha value is -1.55. The van der Waals surface area contributed by atoms with Crippen LogP contribution in [0.25, 0.3) is 0 Å². The van der Waals surface area contributed by atoms with E-state index in [9.17, 15) is 4.79 Å².